The van der Waals surface area contributed by atoms with Crippen LogP contribution in [0.1, 0.15) is 17.3 Å². The normalized spacial score (nSPS) is 10.9. The highest BCUT2D eigenvalue weighted by Crippen LogP contribution is 2.26. The minimum absolute atomic E-state index is 0.0423. The molecule has 0 spiro atoms. The van der Waals surface area contributed by atoms with Crippen molar-refractivity contribution in [2.24, 2.45) is 0 Å². The van der Waals surface area contributed by atoms with Gasteiger partial charge in [0.15, 0.2) is 11.6 Å². The van der Waals surface area contributed by atoms with E-state index < -0.39 is 23.6 Å². The van der Waals surface area contributed by atoms with Crippen molar-refractivity contribution in [2.75, 3.05) is 6.61 Å². The quantitative estimate of drug-likeness (QED) is 0.602. The van der Waals surface area contributed by atoms with E-state index in [0.717, 1.165) is 12.1 Å². The standard InChI is InChI=1S/C11H9F3O4/c1-2-17-10(16)11(13,14)18-9-4-3-7(6-15)5-8(9)12/h3-6H,2H2,1H3. The predicted octanol–water partition coefficient (Wildman–Crippen LogP) is 2.17. The average molecular weight is 262 g/mol. The maximum absolute atomic E-state index is 13.2. The number of hydrogen-bond donors (Lipinski definition) is 0. The number of ether oxygens (including phenoxy) is 2. The fourth-order valence-corrected chi connectivity index (χ4v) is 1.07. The summed E-state index contributed by atoms with van der Waals surface area (Å²) in [7, 11) is 0. The number of carbonyl (C=O) groups is 2. The third-order valence-corrected chi connectivity index (χ3v) is 1.84. The Bertz CT molecular complexity index is 460. The molecule has 0 aromatic heterocycles. The fourth-order valence-electron chi connectivity index (χ4n) is 1.07. The SMILES string of the molecule is CCOC(=O)C(F)(F)Oc1ccc(C=O)cc1F. The first-order valence-electron chi connectivity index (χ1n) is 4.89. The summed E-state index contributed by atoms with van der Waals surface area (Å²) >= 11 is 0. The van der Waals surface area contributed by atoms with Gasteiger partial charge in [0.05, 0.1) is 6.61 Å². The Morgan fingerprint density at radius 2 is 2.11 bits per heavy atom. The summed E-state index contributed by atoms with van der Waals surface area (Å²) in [5, 5.41) is 0. The number of esters is 1. The topological polar surface area (TPSA) is 52.6 Å². The van der Waals surface area contributed by atoms with E-state index in [-0.39, 0.29) is 12.2 Å². The Hall–Kier alpha value is -2.05. The molecule has 4 nitrogen and oxygen atoms in total. The summed E-state index contributed by atoms with van der Waals surface area (Å²) in [6, 6.07) is 2.61. The first-order chi connectivity index (χ1) is 8.40. The summed E-state index contributed by atoms with van der Waals surface area (Å²) in [4.78, 5) is 21.1. The lowest BCUT2D eigenvalue weighted by molar-refractivity contribution is -0.217. The minimum Gasteiger partial charge on any atom is -0.459 e. The zero-order valence-electron chi connectivity index (χ0n) is 9.28. The van der Waals surface area contributed by atoms with Crippen LogP contribution in [0.3, 0.4) is 0 Å². The smallest absolute Gasteiger partial charge is 0.459 e. The van der Waals surface area contributed by atoms with Crippen LogP contribution in [0.25, 0.3) is 0 Å². The summed E-state index contributed by atoms with van der Waals surface area (Å²) in [5.74, 6) is -3.94. The molecule has 98 valence electrons. The molecule has 7 heteroatoms. The first kappa shape index (κ1) is 14.0. The lowest BCUT2D eigenvalue weighted by atomic mass is 10.2. The monoisotopic (exact) mass is 262 g/mol. The molecule has 1 aromatic rings. The number of hydrogen-bond acceptors (Lipinski definition) is 4. The van der Waals surface area contributed by atoms with Crippen LogP contribution in [0.4, 0.5) is 13.2 Å². The zero-order chi connectivity index (χ0) is 13.8. The molecule has 1 rings (SSSR count). The van der Waals surface area contributed by atoms with Crippen LogP contribution in [-0.4, -0.2) is 25.0 Å². The van der Waals surface area contributed by atoms with E-state index in [1.165, 1.54) is 6.92 Å². The van der Waals surface area contributed by atoms with Crippen LogP contribution >= 0.6 is 0 Å². The van der Waals surface area contributed by atoms with Crippen molar-refractivity contribution in [3.8, 4) is 5.75 Å². The molecule has 0 amide bonds. The van der Waals surface area contributed by atoms with Gasteiger partial charge in [0.25, 0.3) is 0 Å². The van der Waals surface area contributed by atoms with E-state index >= 15 is 0 Å². The molecule has 0 saturated heterocycles. The number of halogens is 3. The number of aldehydes is 1. The van der Waals surface area contributed by atoms with Crippen LogP contribution < -0.4 is 4.74 Å². The molecule has 0 heterocycles. The molecule has 0 N–H and O–H groups in total. The maximum atomic E-state index is 13.2. The van der Waals surface area contributed by atoms with Crippen LogP contribution in [0.2, 0.25) is 0 Å². The van der Waals surface area contributed by atoms with Crippen LogP contribution in [-0.2, 0) is 9.53 Å². The van der Waals surface area contributed by atoms with Crippen molar-refractivity contribution in [2.45, 2.75) is 13.0 Å². The molecule has 0 aliphatic heterocycles. The second-order valence-electron chi connectivity index (χ2n) is 3.15. The van der Waals surface area contributed by atoms with Gasteiger partial charge >= 0.3 is 12.1 Å². The molecular formula is C11H9F3O4. The fraction of sp³-hybridized carbons (Fsp3) is 0.273. The molecule has 0 unspecified atom stereocenters. The molecule has 0 atom stereocenters. The van der Waals surface area contributed by atoms with Gasteiger partial charge in [0.1, 0.15) is 6.29 Å². The van der Waals surface area contributed by atoms with E-state index in [0.29, 0.717) is 12.4 Å². The first-order valence-corrected chi connectivity index (χ1v) is 4.89. The predicted molar refractivity (Wildman–Crippen MR) is 54.0 cm³/mol. The van der Waals surface area contributed by atoms with Gasteiger partial charge in [0.2, 0.25) is 0 Å². The largest absolute Gasteiger partial charge is 0.502 e. The minimum atomic E-state index is -4.29. The second-order valence-corrected chi connectivity index (χ2v) is 3.15. The number of rotatable bonds is 5. The maximum Gasteiger partial charge on any atom is 0.502 e. The number of carbonyl (C=O) groups excluding carboxylic acids is 2. The van der Waals surface area contributed by atoms with Crippen LogP contribution in [0.15, 0.2) is 18.2 Å². The molecule has 0 saturated carbocycles. The van der Waals surface area contributed by atoms with Gasteiger partial charge in [-0.05, 0) is 25.1 Å². The molecule has 0 bridgehead atoms. The van der Waals surface area contributed by atoms with E-state index in [9.17, 15) is 22.8 Å². The Kier molecular flexibility index (Phi) is 4.30. The van der Waals surface area contributed by atoms with E-state index in [2.05, 4.69) is 9.47 Å². The van der Waals surface area contributed by atoms with Crippen molar-refractivity contribution >= 4 is 12.3 Å². The lowest BCUT2D eigenvalue weighted by Crippen LogP contribution is -2.37. The molecule has 0 aliphatic rings. The third-order valence-electron chi connectivity index (χ3n) is 1.84. The summed E-state index contributed by atoms with van der Waals surface area (Å²) in [5.41, 5.74) is -0.0423. The average Bonchev–Trinajstić information content (AvgIpc) is 2.32. The highest BCUT2D eigenvalue weighted by molar-refractivity contribution is 5.77. The van der Waals surface area contributed by atoms with Crippen molar-refractivity contribution in [1.29, 1.82) is 0 Å². The van der Waals surface area contributed by atoms with Gasteiger partial charge in [0, 0.05) is 5.56 Å². The Balaban J connectivity index is 2.90. The van der Waals surface area contributed by atoms with E-state index in [1.807, 2.05) is 0 Å². The Labute approximate surface area is 100 Å². The Morgan fingerprint density at radius 1 is 1.44 bits per heavy atom. The highest BCUT2D eigenvalue weighted by atomic mass is 19.3. The van der Waals surface area contributed by atoms with Crippen molar-refractivity contribution in [3.63, 3.8) is 0 Å². The summed E-state index contributed by atoms with van der Waals surface area (Å²) < 4.78 is 47.5. The van der Waals surface area contributed by atoms with Crippen molar-refractivity contribution in [1.82, 2.24) is 0 Å². The third kappa shape index (κ3) is 3.22. The molecule has 0 aliphatic carbocycles. The summed E-state index contributed by atoms with van der Waals surface area (Å²) in [6.07, 6.45) is -3.95. The molecule has 1 aromatic carbocycles. The second kappa shape index (κ2) is 5.52. The molecular weight excluding hydrogens is 253 g/mol. The molecule has 0 radical (unpaired) electrons. The van der Waals surface area contributed by atoms with Gasteiger partial charge in [-0.15, -0.1) is 0 Å². The number of alkyl halides is 2. The zero-order valence-corrected chi connectivity index (χ0v) is 9.28. The van der Waals surface area contributed by atoms with E-state index in [1.54, 1.807) is 0 Å². The lowest BCUT2D eigenvalue weighted by Gasteiger charge is -2.16. The van der Waals surface area contributed by atoms with E-state index in [4.69, 9.17) is 0 Å². The molecule has 0 fully saturated rings. The molecule has 18 heavy (non-hydrogen) atoms. The highest BCUT2D eigenvalue weighted by Gasteiger charge is 2.44. The van der Waals surface area contributed by atoms with Crippen molar-refractivity contribution in [3.05, 3.63) is 29.6 Å². The van der Waals surface area contributed by atoms with Gasteiger partial charge in [-0.2, -0.15) is 8.78 Å². The van der Waals surface area contributed by atoms with Crippen LogP contribution in [0.5, 0.6) is 5.75 Å². The Morgan fingerprint density at radius 3 is 2.61 bits per heavy atom. The number of benzene rings is 1. The summed E-state index contributed by atoms with van der Waals surface area (Å²) in [6.45, 7) is 1.08. The van der Waals surface area contributed by atoms with Gasteiger partial charge in [-0.25, -0.2) is 9.18 Å². The van der Waals surface area contributed by atoms with Crippen LogP contribution in [0, 0.1) is 5.82 Å². The van der Waals surface area contributed by atoms with Gasteiger partial charge in [-0.3, -0.25) is 4.79 Å². The van der Waals surface area contributed by atoms with Crippen molar-refractivity contribution < 1.29 is 32.2 Å². The van der Waals surface area contributed by atoms with Gasteiger partial charge in [-0.1, -0.05) is 0 Å². The van der Waals surface area contributed by atoms with Gasteiger partial charge < -0.3 is 9.47 Å².